The van der Waals surface area contributed by atoms with Gasteiger partial charge in [0.05, 0.1) is 12.7 Å². The van der Waals surface area contributed by atoms with Gasteiger partial charge in [0.1, 0.15) is 5.82 Å². The van der Waals surface area contributed by atoms with E-state index in [-0.39, 0.29) is 0 Å². The highest BCUT2D eigenvalue weighted by atomic mass is 32.1. The van der Waals surface area contributed by atoms with Crippen LogP contribution in [0, 0.1) is 4.77 Å². The van der Waals surface area contributed by atoms with Crippen molar-refractivity contribution in [3.63, 3.8) is 0 Å². The first-order chi connectivity index (χ1) is 8.69. The zero-order valence-electron chi connectivity index (χ0n) is 10.8. The van der Waals surface area contributed by atoms with Gasteiger partial charge < -0.3 is 14.4 Å². The summed E-state index contributed by atoms with van der Waals surface area (Å²) in [5.74, 6) is 0.842. The first-order valence-corrected chi connectivity index (χ1v) is 6.60. The molecular weight excluding hydrogens is 250 g/mol. The largest absolute Gasteiger partial charge is 0.391 e. The number of H-pyrrole nitrogens is 1. The number of hydrogen-bond donors (Lipinski definition) is 2. The van der Waals surface area contributed by atoms with Crippen LogP contribution in [0.5, 0.6) is 0 Å². The summed E-state index contributed by atoms with van der Waals surface area (Å²) >= 11 is 5.11. The van der Waals surface area contributed by atoms with Crippen LogP contribution >= 0.6 is 12.2 Å². The lowest BCUT2D eigenvalue weighted by molar-refractivity contribution is 0.0327. The maximum atomic E-state index is 9.75. The molecule has 0 unspecified atom stereocenters. The van der Waals surface area contributed by atoms with Gasteiger partial charge in [0.25, 0.3) is 0 Å². The Morgan fingerprint density at radius 3 is 3.11 bits per heavy atom. The van der Waals surface area contributed by atoms with Crippen LogP contribution in [0.25, 0.3) is 0 Å². The van der Waals surface area contributed by atoms with Crippen LogP contribution in [-0.4, -0.2) is 39.2 Å². The summed E-state index contributed by atoms with van der Waals surface area (Å²) < 4.78 is 7.76. The summed E-state index contributed by atoms with van der Waals surface area (Å²) in [6, 6.07) is 0. The molecule has 6 heteroatoms. The van der Waals surface area contributed by atoms with Gasteiger partial charge >= 0.3 is 0 Å². The van der Waals surface area contributed by atoms with E-state index in [1.807, 2.05) is 11.5 Å². The fourth-order valence-electron chi connectivity index (χ4n) is 1.60. The molecule has 102 valence electrons. The van der Waals surface area contributed by atoms with Gasteiger partial charge in [0.2, 0.25) is 0 Å². The minimum Gasteiger partial charge on any atom is -0.391 e. The second-order valence-corrected chi connectivity index (χ2v) is 4.50. The molecule has 5 nitrogen and oxygen atoms in total. The minimum atomic E-state index is -0.459. The fourth-order valence-corrected chi connectivity index (χ4v) is 1.83. The van der Waals surface area contributed by atoms with Gasteiger partial charge in [-0.3, -0.25) is 5.10 Å². The number of aromatic nitrogens is 3. The maximum absolute atomic E-state index is 9.75. The topological polar surface area (TPSA) is 63.1 Å². The van der Waals surface area contributed by atoms with Crippen molar-refractivity contribution < 1.29 is 9.84 Å². The Kier molecular flexibility index (Phi) is 6.85. The van der Waals surface area contributed by atoms with Crippen LogP contribution in [0.3, 0.4) is 0 Å². The highest BCUT2D eigenvalue weighted by Gasteiger charge is 2.09. The van der Waals surface area contributed by atoms with E-state index >= 15 is 0 Å². The molecule has 0 aromatic carbocycles. The number of aryl methyl sites for hydroxylation is 1. The van der Waals surface area contributed by atoms with Gasteiger partial charge in [-0.1, -0.05) is 13.0 Å². The van der Waals surface area contributed by atoms with Crippen molar-refractivity contribution in [2.75, 3.05) is 13.2 Å². The number of hydrogen-bond acceptors (Lipinski definition) is 4. The number of aliphatic hydroxyl groups excluding tert-OH is 1. The van der Waals surface area contributed by atoms with Crippen LogP contribution in [0.4, 0.5) is 0 Å². The number of ether oxygens (including phenoxy) is 1. The molecule has 0 bridgehead atoms. The predicted octanol–water partition coefficient (Wildman–Crippen LogP) is 1.85. The Hall–Kier alpha value is -0.980. The molecule has 0 aliphatic heterocycles. The quantitative estimate of drug-likeness (QED) is 0.409. The SMILES string of the molecule is C=CCn1c(CC[C@H](O)COCCC)n[nH]c1=S. The molecule has 1 aromatic heterocycles. The van der Waals surface area contributed by atoms with Crippen molar-refractivity contribution in [2.45, 2.75) is 38.8 Å². The monoisotopic (exact) mass is 271 g/mol. The van der Waals surface area contributed by atoms with Crippen molar-refractivity contribution in [3.05, 3.63) is 23.3 Å². The van der Waals surface area contributed by atoms with E-state index in [0.29, 0.717) is 37.4 Å². The highest BCUT2D eigenvalue weighted by Crippen LogP contribution is 2.05. The Labute approximate surface area is 112 Å². The van der Waals surface area contributed by atoms with Gasteiger partial charge in [-0.25, -0.2) is 0 Å². The molecule has 0 saturated heterocycles. The molecule has 0 saturated carbocycles. The Balaban J connectivity index is 2.43. The Morgan fingerprint density at radius 1 is 1.67 bits per heavy atom. The lowest BCUT2D eigenvalue weighted by atomic mass is 10.2. The number of nitrogens with zero attached hydrogens (tertiary/aromatic N) is 2. The second-order valence-electron chi connectivity index (χ2n) is 4.11. The van der Waals surface area contributed by atoms with Gasteiger partial charge in [0.15, 0.2) is 4.77 Å². The first kappa shape index (κ1) is 15.1. The lowest BCUT2D eigenvalue weighted by Gasteiger charge is -2.10. The van der Waals surface area contributed by atoms with E-state index in [9.17, 15) is 5.11 Å². The van der Waals surface area contributed by atoms with E-state index in [1.165, 1.54) is 0 Å². The first-order valence-electron chi connectivity index (χ1n) is 6.19. The third-order valence-electron chi connectivity index (χ3n) is 2.51. The van der Waals surface area contributed by atoms with Gasteiger partial charge in [-0.2, -0.15) is 5.10 Å². The molecule has 0 aliphatic rings. The summed E-state index contributed by atoms with van der Waals surface area (Å²) in [4.78, 5) is 0. The van der Waals surface area contributed by atoms with E-state index in [2.05, 4.69) is 16.8 Å². The van der Waals surface area contributed by atoms with Gasteiger partial charge in [0, 0.05) is 19.6 Å². The van der Waals surface area contributed by atoms with Crippen molar-refractivity contribution >= 4 is 12.2 Å². The zero-order valence-corrected chi connectivity index (χ0v) is 11.6. The molecule has 0 spiro atoms. The summed E-state index contributed by atoms with van der Waals surface area (Å²) in [7, 11) is 0. The summed E-state index contributed by atoms with van der Waals surface area (Å²) in [5.41, 5.74) is 0. The van der Waals surface area contributed by atoms with Crippen molar-refractivity contribution in [3.8, 4) is 0 Å². The maximum Gasteiger partial charge on any atom is 0.195 e. The molecule has 0 aliphatic carbocycles. The molecule has 1 aromatic rings. The number of rotatable bonds is 9. The molecular formula is C12H21N3O2S. The molecule has 1 heterocycles. The lowest BCUT2D eigenvalue weighted by Crippen LogP contribution is -2.17. The van der Waals surface area contributed by atoms with Crippen molar-refractivity contribution in [1.29, 1.82) is 0 Å². The van der Waals surface area contributed by atoms with Crippen LogP contribution < -0.4 is 0 Å². The predicted molar refractivity (Wildman–Crippen MR) is 73.0 cm³/mol. The average Bonchev–Trinajstić information content (AvgIpc) is 2.69. The molecule has 0 radical (unpaired) electrons. The zero-order chi connectivity index (χ0) is 13.4. The van der Waals surface area contributed by atoms with Crippen LogP contribution in [0.15, 0.2) is 12.7 Å². The summed E-state index contributed by atoms with van der Waals surface area (Å²) in [5, 5.41) is 16.6. The van der Waals surface area contributed by atoms with E-state index in [0.717, 1.165) is 12.2 Å². The Morgan fingerprint density at radius 2 is 2.44 bits per heavy atom. The normalized spacial score (nSPS) is 12.6. The third kappa shape index (κ3) is 4.72. The molecule has 0 fully saturated rings. The van der Waals surface area contributed by atoms with Crippen molar-refractivity contribution in [1.82, 2.24) is 14.8 Å². The van der Waals surface area contributed by atoms with E-state index in [4.69, 9.17) is 17.0 Å². The van der Waals surface area contributed by atoms with Crippen LogP contribution in [0.2, 0.25) is 0 Å². The van der Waals surface area contributed by atoms with E-state index < -0.39 is 6.10 Å². The minimum absolute atomic E-state index is 0.375. The Bertz CT molecular complexity index is 414. The molecule has 1 rings (SSSR count). The van der Waals surface area contributed by atoms with Gasteiger partial charge in [-0.05, 0) is 25.1 Å². The standard InChI is InChI=1S/C12H21N3O2S/c1-3-7-15-11(13-14-12(15)18)6-5-10(16)9-17-8-4-2/h3,10,16H,1,4-9H2,2H3,(H,14,18)/t10-/m0/s1. The summed E-state index contributed by atoms with van der Waals surface area (Å²) in [6.45, 7) is 7.42. The highest BCUT2D eigenvalue weighted by molar-refractivity contribution is 7.71. The average molecular weight is 271 g/mol. The molecule has 18 heavy (non-hydrogen) atoms. The number of nitrogens with one attached hydrogen (secondary N) is 1. The van der Waals surface area contributed by atoms with Crippen molar-refractivity contribution in [2.24, 2.45) is 0 Å². The van der Waals surface area contributed by atoms with Gasteiger partial charge in [-0.15, -0.1) is 6.58 Å². The number of allylic oxidation sites excluding steroid dienone is 1. The van der Waals surface area contributed by atoms with Crippen LogP contribution in [-0.2, 0) is 17.7 Å². The number of aromatic amines is 1. The van der Waals surface area contributed by atoms with E-state index in [1.54, 1.807) is 6.08 Å². The molecule has 1 atom stereocenters. The fraction of sp³-hybridized carbons (Fsp3) is 0.667. The van der Waals surface area contributed by atoms with Crippen LogP contribution in [0.1, 0.15) is 25.6 Å². The second kappa shape index (κ2) is 8.18. The third-order valence-corrected chi connectivity index (χ3v) is 2.82. The summed E-state index contributed by atoms with van der Waals surface area (Å²) in [6.07, 6.45) is 3.55. The molecule has 0 amide bonds. The number of aliphatic hydroxyl groups is 1. The smallest absolute Gasteiger partial charge is 0.195 e. The molecule has 2 N–H and O–H groups in total.